The third kappa shape index (κ3) is 2.34. The molecule has 0 unspecified atom stereocenters. The van der Waals surface area contributed by atoms with Crippen molar-refractivity contribution in [2.45, 2.75) is 30.1 Å². The summed E-state index contributed by atoms with van der Waals surface area (Å²) in [6.07, 6.45) is 0. The second kappa shape index (κ2) is 5.19. The van der Waals surface area contributed by atoms with Gasteiger partial charge in [0.25, 0.3) is 0 Å². The molecular weight excluding hydrogens is 318 g/mol. The van der Waals surface area contributed by atoms with E-state index in [-0.39, 0.29) is 17.0 Å². The summed E-state index contributed by atoms with van der Waals surface area (Å²) in [5.41, 5.74) is -0.232. The second-order valence-electron chi connectivity index (χ2n) is 4.31. The predicted octanol–water partition coefficient (Wildman–Crippen LogP) is 2.96. The summed E-state index contributed by atoms with van der Waals surface area (Å²) in [7, 11) is 0. The van der Waals surface area contributed by atoms with E-state index < -0.39 is 0 Å². The molecular formula is C11H10ClN5OS2. The lowest BCUT2D eigenvalue weighted by atomic mass is 10.4. The Balaban J connectivity index is 2.10. The average Bonchev–Trinajstić information content (AvgIpc) is 2.95. The Morgan fingerprint density at radius 2 is 2.25 bits per heavy atom. The highest BCUT2D eigenvalue weighted by Crippen LogP contribution is 2.33. The maximum Gasteiger partial charge on any atom is 0.344 e. The molecule has 0 aliphatic rings. The van der Waals surface area contributed by atoms with Crippen LogP contribution in [0.1, 0.15) is 19.9 Å². The summed E-state index contributed by atoms with van der Waals surface area (Å²) in [5.74, 6) is 0. The van der Waals surface area contributed by atoms with E-state index in [0.29, 0.717) is 10.2 Å². The van der Waals surface area contributed by atoms with E-state index >= 15 is 0 Å². The second-order valence-corrected chi connectivity index (χ2v) is 6.50. The van der Waals surface area contributed by atoms with E-state index in [1.165, 1.54) is 23.1 Å². The fourth-order valence-electron chi connectivity index (χ4n) is 1.79. The van der Waals surface area contributed by atoms with Gasteiger partial charge in [0, 0.05) is 11.4 Å². The van der Waals surface area contributed by atoms with Crippen molar-refractivity contribution in [2.24, 2.45) is 0 Å². The zero-order chi connectivity index (χ0) is 14.3. The van der Waals surface area contributed by atoms with Crippen LogP contribution in [0.3, 0.4) is 0 Å². The molecule has 0 aliphatic heterocycles. The molecule has 0 saturated carbocycles. The molecule has 0 spiro atoms. The van der Waals surface area contributed by atoms with Crippen LogP contribution in [-0.2, 0) is 0 Å². The van der Waals surface area contributed by atoms with E-state index in [1.807, 2.05) is 25.3 Å². The van der Waals surface area contributed by atoms with Crippen molar-refractivity contribution in [1.29, 1.82) is 0 Å². The highest BCUT2D eigenvalue weighted by atomic mass is 35.5. The maximum atomic E-state index is 11.7. The zero-order valence-electron chi connectivity index (χ0n) is 10.6. The molecule has 3 aromatic rings. The summed E-state index contributed by atoms with van der Waals surface area (Å²) >= 11 is 8.73. The molecule has 0 bridgehead atoms. The van der Waals surface area contributed by atoms with E-state index in [2.05, 4.69) is 20.2 Å². The highest BCUT2D eigenvalue weighted by Gasteiger charge is 2.16. The van der Waals surface area contributed by atoms with Crippen molar-refractivity contribution in [3.8, 4) is 0 Å². The van der Waals surface area contributed by atoms with Crippen LogP contribution in [0.15, 0.2) is 26.4 Å². The summed E-state index contributed by atoms with van der Waals surface area (Å²) in [4.78, 5) is 20.9. The van der Waals surface area contributed by atoms with Crippen molar-refractivity contribution in [3.63, 3.8) is 0 Å². The first kappa shape index (κ1) is 13.6. The number of fused-ring (bicyclic) bond motifs is 1. The number of halogens is 1. The van der Waals surface area contributed by atoms with E-state index in [4.69, 9.17) is 11.6 Å². The normalized spacial score (nSPS) is 11.6. The number of aromatic amines is 1. The van der Waals surface area contributed by atoms with Crippen molar-refractivity contribution in [3.05, 3.63) is 27.2 Å². The number of nitrogens with zero attached hydrogens (tertiary/aromatic N) is 4. The summed E-state index contributed by atoms with van der Waals surface area (Å²) in [6, 6.07) is 1.95. The molecule has 104 valence electrons. The molecule has 0 atom stereocenters. The predicted molar refractivity (Wildman–Crippen MR) is 79.8 cm³/mol. The molecule has 20 heavy (non-hydrogen) atoms. The molecule has 0 radical (unpaired) electrons. The maximum absolute atomic E-state index is 11.7. The van der Waals surface area contributed by atoms with E-state index in [9.17, 15) is 4.79 Å². The van der Waals surface area contributed by atoms with Gasteiger partial charge < -0.3 is 0 Å². The zero-order valence-corrected chi connectivity index (χ0v) is 13.0. The minimum Gasteiger partial charge on any atom is -0.267 e. The Bertz CT molecular complexity index is 822. The molecule has 0 aromatic carbocycles. The number of rotatable bonds is 3. The summed E-state index contributed by atoms with van der Waals surface area (Å²) in [5, 5.41) is 10.8. The van der Waals surface area contributed by atoms with Crippen LogP contribution in [-0.4, -0.2) is 24.7 Å². The number of H-pyrrole nitrogens is 1. The van der Waals surface area contributed by atoms with Crippen LogP contribution >= 0.6 is 34.7 Å². The quantitative estimate of drug-likeness (QED) is 0.591. The van der Waals surface area contributed by atoms with Crippen molar-refractivity contribution in [1.82, 2.24) is 24.7 Å². The fraction of sp³-hybridized carbons (Fsp3) is 0.273. The topological polar surface area (TPSA) is 76.5 Å². The van der Waals surface area contributed by atoms with Crippen LogP contribution in [0.2, 0.25) is 5.28 Å². The average molecular weight is 328 g/mol. The minimum absolute atomic E-state index is 0.0130. The first-order valence-corrected chi connectivity index (χ1v) is 7.89. The van der Waals surface area contributed by atoms with Crippen LogP contribution in [0, 0.1) is 0 Å². The van der Waals surface area contributed by atoms with E-state index in [1.54, 1.807) is 4.57 Å². The number of hydrogen-bond donors (Lipinski definition) is 1. The molecule has 3 heterocycles. The van der Waals surface area contributed by atoms with Gasteiger partial charge in [0.05, 0.1) is 0 Å². The number of thiophene rings is 1. The number of hydrogen-bond acceptors (Lipinski definition) is 6. The van der Waals surface area contributed by atoms with Crippen LogP contribution in [0.25, 0.3) is 10.2 Å². The Hall–Kier alpha value is -1.38. The fourth-order valence-corrected chi connectivity index (χ4v) is 3.95. The lowest BCUT2D eigenvalue weighted by molar-refractivity contribution is 0.534. The third-order valence-corrected chi connectivity index (χ3v) is 4.59. The van der Waals surface area contributed by atoms with Gasteiger partial charge in [0.1, 0.15) is 9.86 Å². The monoisotopic (exact) mass is 327 g/mol. The molecule has 1 N–H and O–H groups in total. The van der Waals surface area contributed by atoms with Crippen LogP contribution in [0.4, 0.5) is 0 Å². The summed E-state index contributed by atoms with van der Waals surface area (Å²) < 4.78 is 1.58. The van der Waals surface area contributed by atoms with E-state index in [0.717, 1.165) is 10.2 Å². The van der Waals surface area contributed by atoms with Gasteiger partial charge in [-0.3, -0.25) is 4.57 Å². The van der Waals surface area contributed by atoms with Crippen LogP contribution < -0.4 is 5.69 Å². The lowest BCUT2D eigenvalue weighted by Crippen LogP contribution is -2.19. The van der Waals surface area contributed by atoms with Gasteiger partial charge >= 0.3 is 5.69 Å². The lowest BCUT2D eigenvalue weighted by Gasteiger charge is -2.08. The van der Waals surface area contributed by atoms with Gasteiger partial charge in [-0.15, -0.1) is 16.4 Å². The molecule has 0 fully saturated rings. The van der Waals surface area contributed by atoms with Gasteiger partial charge in [0.15, 0.2) is 5.16 Å². The standard InChI is InChI=1S/C11H10ClN5OS2/c1-5(2)17-10(18)15-16-11(17)20-8-6-3-4-19-7(6)13-9(12)14-8/h3-5H,1-2H3,(H,15,18). The number of nitrogens with one attached hydrogen (secondary N) is 1. The SMILES string of the molecule is CC(C)n1c(Sc2nc(Cl)nc3sccc23)n[nH]c1=O. The van der Waals surface area contributed by atoms with Crippen molar-refractivity contribution >= 4 is 44.9 Å². The van der Waals surface area contributed by atoms with Gasteiger partial charge in [-0.2, -0.15) is 0 Å². The molecule has 6 nitrogen and oxygen atoms in total. The Labute approximate surface area is 127 Å². The summed E-state index contributed by atoms with van der Waals surface area (Å²) in [6.45, 7) is 3.85. The van der Waals surface area contributed by atoms with Crippen molar-refractivity contribution in [2.75, 3.05) is 0 Å². The largest absolute Gasteiger partial charge is 0.344 e. The Morgan fingerprint density at radius 1 is 1.45 bits per heavy atom. The Kier molecular flexibility index (Phi) is 3.53. The molecule has 3 aromatic heterocycles. The smallest absolute Gasteiger partial charge is 0.267 e. The van der Waals surface area contributed by atoms with Crippen molar-refractivity contribution < 1.29 is 0 Å². The first-order chi connectivity index (χ1) is 9.56. The molecule has 9 heteroatoms. The molecule has 0 aliphatic carbocycles. The molecule has 0 amide bonds. The highest BCUT2D eigenvalue weighted by molar-refractivity contribution is 7.99. The minimum atomic E-state index is -0.232. The van der Waals surface area contributed by atoms with Gasteiger partial charge in [-0.1, -0.05) is 0 Å². The molecule has 3 rings (SSSR count). The van der Waals surface area contributed by atoms with Gasteiger partial charge in [-0.05, 0) is 48.7 Å². The van der Waals surface area contributed by atoms with Gasteiger partial charge in [0.2, 0.25) is 5.28 Å². The number of aromatic nitrogens is 5. The Morgan fingerprint density at radius 3 is 3.00 bits per heavy atom. The molecule has 0 saturated heterocycles. The first-order valence-electron chi connectivity index (χ1n) is 5.81. The third-order valence-electron chi connectivity index (χ3n) is 2.64. The van der Waals surface area contributed by atoms with Crippen LogP contribution in [0.5, 0.6) is 0 Å². The van der Waals surface area contributed by atoms with Gasteiger partial charge in [-0.25, -0.2) is 19.9 Å².